The van der Waals surface area contributed by atoms with Gasteiger partial charge in [-0.25, -0.2) is 0 Å². The molecule has 1 aliphatic heterocycles. The lowest BCUT2D eigenvalue weighted by atomic mass is 10.1. The highest BCUT2D eigenvalue weighted by molar-refractivity contribution is 8.27. The summed E-state index contributed by atoms with van der Waals surface area (Å²) in [4.78, 5) is 14.7. The summed E-state index contributed by atoms with van der Waals surface area (Å²) in [5.41, 5.74) is 1.62. The van der Waals surface area contributed by atoms with E-state index in [1.807, 2.05) is 6.07 Å². The fraction of sp³-hybridized carbons (Fsp3) is 0.105. The lowest BCUT2D eigenvalue weighted by Gasteiger charge is -2.15. The second-order valence-corrected chi connectivity index (χ2v) is 6.93. The predicted molar refractivity (Wildman–Crippen MR) is 106 cm³/mol. The third kappa shape index (κ3) is 3.29. The molecule has 5 nitrogen and oxygen atoms in total. The molecule has 0 atom stereocenters. The van der Waals surface area contributed by atoms with Crippen LogP contribution >= 0.6 is 24.0 Å². The summed E-state index contributed by atoms with van der Waals surface area (Å²) in [5.74, 6) is 0.988. The van der Waals surface area contributed by atoms with Crippen molar-refractivity contribution in [3.8, 4) is 17.6 Å². The molecule has 2 aromatic rings. The first-order valence-corrected chi connectivity index (χ1v) is 8.80. The molecule has 0 bridgehead atoms. The van der Waals surface area contributed by atoms with Gasteiger partial charge in [0.2, 0.25) is 0 Å². The number of carbonyl (C=O) groups is 1. The summed E-state index contributed by atoms with van der Waals surface area (Å²) in [5, 5.41) is 9.29. The van der Waals surface area contributed by atoms with Gasteiger partial charge in [-0.3, -0.25) is 9.69 Å². The van der Waals surface area contributed by atoms with Crippen molar-refractivity contribution in [1.29, 1.82) is 5.26 Å². The molecule has 1 heterocycles. The summed E-state index contributed by atoms with van der Waals surface area (Å²) in [6.45, 7) is 0. The molecule has 0 N–H and O–H groups in total. The lowest BCUT2D eigenvalue weighted by molar-refractivity contribution is -0.113. The van der Waals surface area contributed by atoms with Crippen molar-refractivity contribution in [3.05, 3.63) is 58.5 Å². The van der Waals surface area contributed by atoms with Crippen LogP contribution in [0.15, 0.2) is 47.4 Å². The molecule has 1 aliphatic rings. The number of nitrogens with zero attached hydrogens (tertiary/aromatic N) is 2. The van der Waals surface area contributed by atoms with Crippen LogP contribution in [-0.4, -0.2) is 24.4 Å². The number of anilines is 1. The van der Waals surface area contributed by atoms with Crippen molar-refractivity contribution in [2.45, 2.75) is 0 Å². The molecule has 1 fully saturated rings. The van der Waals surface area contributed by atoms with E-state index >= 15 is 0 Å². The van der Waals surface area contributed by atoms with E-state index in [1.165, 1.54) is 16.7 Å². The smallest absolute Gasteiger partial charge is 0.270 e. The van der Waals surface area contributed by atoms with E-state index in [9.17, 15) is 10.1 Å². The number of methoxy groups -OCH3 is 2. The highest BCUT2D eigenvalue weighted by Gasteiger charge is 2.34. The number of nitriles is 1. The van der Waals surface area contributed by atoms with Crippen molar-refractivity contribution < 1.29 is 14.3 Å². The predicted octanol–water partition coefficient (Wildman–Crippen LogP) is 3.98. The topological polar surface area (TPSA) is 62.6 Å². The summed E-state index contributed by atoms with van der Waals surface area (Å²) >= 11 is 6.56. The number of hydrogen-bond acceptors (Lipinski definition) is 6. The molecule has 0 aromatic heterocycles. The van der Waals surface area contributed by atoms with Crippen LogP contribution in [0.1, 0.15) is 11.1 Å². The van der Waals surface area contributed by atoms with Gasteiger partial charge in [-0.05, 0) is 30.3 Å². The van der Waals surface area contributed by atoms with Gasteiger partial charge in [-0.1, -0.05) is 36.1 Å². The number of benzene rings is 2. The standard InChI is InChI=1S/C19H14N2O3S2/c1-23-14-8-7-12(16(10-14)24-2)9-17-18(22)21(19(25)26-17)15-6-4-3-5-13(15)11-20/h3-10H,1-2H3/b17-9-. The van der Waals surface area contributed by atoms with E-state index in [0.29, 0.717) is 32.0 Å². The number of thiocarbonyl (C=S) groups is 1. The molecule has 0 unspecified atom stereocenters. The maximum atomic E-state index is 12.9. The number of rotatable bonds is 4. The zero-order valence-corrected chi connectivity index (χ0v) is 15.7. The van der Waals surface area contributed by atoms with Crippen LogP contribution in [0.25, 0.3) is 6.08 Å². The number of para-hydroxylation sites is 1. The van der Waals surface area contributed by atoms with Crippen molar-refractivity contribution in [2.24, 2.45) is 0 Å². The molecule has 0 aliphatic carbocycles. The molecular formula is C19H14N2O3S2. The number of thioether (sulfide) groups is 1. The first-order valence-electron chi connectivity index (χ1n) is 7.58. The van der Waals surface area contributed by atoms with Crippen LogP contribution in [0.5, 0.6) is 11.5 Å². The number of amides is 1. The fourth-order valence-electron chi connectivity index (χ4n) is 2.52. The Morgan fingerprint density at radius 1 is 1.19 bits per heavy atom. The van der Waals surface area contributed by atoms with Gasteiger partial charge < -0.3 is 9.47 Å². The maximum Gasteiger partial charge on any atom is 0.270 e. The van der Waals surface area contributed by atoms with Crippen LogP contribution in [0.4, 0.5) is 5.69 Å². The first kappa shape index (κ1) is 18.0. The molecule has 7 heteroatoms. The molecule has 3 rings (SSSR count). The van der Waals surface area contributed by atoms with Crippen molar-refractivity contribution in [3.63, 3.8) is 0 Å². The average Bonchev–Trinajstić information content (AvgIpc) is 2.95. The molecule has 0 spiro atoms. The van der Waals surface area contributed by atoms with Crippen LogP contribution in [0, 0.1) is 11.3 Å². The minimum absolute atomic E-state index is 0.263. The van der Waals surface area contributed by atoms with E-state index in [2.05, 4.69) is 6.07 Å². The Kier molecular flexibility index (Phi) is 5.26. The molecule has 0 radical (unpaired) electrons. The summed E-state index contributed by atoms with van der Waals surface area (Å²) in [6, 6.07) is 14.3. The largest absolute Gasteiger partial charge is 0.497 e. The van der Waals surface area contributed by atoms with Gasteiger partial charge in [0.25, 0.3) is 5.91 Å². The minimum atomic E-state index is -0.263. The fourth-order valence-corrected chi connectivity index (χ4v) is 3.79. The number of ether oxygens (including phenoxy) is 2. The van der Waals surface area contributed by atoms with Gasteiger partial charge in [0.05, 0.1) is 30.4 Å². The van der Waals surface area contributed by atoms with Crippen molar-refractivity contribution in [1.82, 2.24) is 0 Å². The van der Waals surface area contributed by atoms with Crippen LogP contribution in [-0.2, 0) is 4.79 Å². The van der Waals surface area contributed by atoms with Crippen LogP contribution in [0.2, 0.25) is 0 Å². The maximum absolute atomic E-state index is 12.9. The van der Waals surface area contributed by atoms with E-state index < -0.39 is 0 Å². The third-order valence-electron chi connectivity index (χ3n) is 3.79. The summed E-state index contributed by atoms with van der Waals surface area (Å²) in [7, 11) is 3.13. The second-order valence-electron chi connectivity index (χ2n) is 5.25. The minimum Gasteiger partial charge on any atom is -0.497 e. The molecule has 130 valence electrons. The molecule has 26 heavy (non-hydrogen) atoms. The zero-order chi connectivity index (χ0) is 18.7. The van der Waals surface area contributed by atoms with Gasteiger partial charge in [-0.2, -0.15) is 5.26 Å². The average molecular weight is 382 g/mol. The second kappa shape index (κ2) is 7.60. The zero-order valence-electron chi connectivity index (χ0n) is 14.1. The first-order chi connectivity index (χ1) is 12.6. The number of hydrogen-bond donors (Lipinski definition) is 0. The van der Waals surface area contributed by atoms with Gasteiger partial charge in [0.15, 0.2) is 4.32 Å². The highest BCUT2D eigenvalue weighted by atomic mass is 32.2. The molecule has 0 saturated carbocycles. The third-order valence-corrected chi connectivity index (χ3v) is 5.09. The van der Waals surface area contributed by atoms with Gasteiger partial charge in [0, 0.05) is 11.6 Å². The van der Waals surface area contributed by atoms with Gasteiger partial charge in [0.1, 0.15) is 17.6 Å². The van der Waals surface area contributed by atoms with Crippen LogP contribution in [0.3, 0.4) is 0 Å². The van der Waals surface area contributed by atoms with E-state index in [0.717, 1.165) is 5.56 Å². The lowest BCUT2D eigenvalue weighted by Crippen LogP contribution is -2.28. The number of carbonyl (C=O) groups excluding carboxylic acids is 1. The Balaban J connectivity index is 1.99. The Bertz CT molecular complexity index is 963. The SMILES string of the molecule is COc1ccc(/C=C2\SC(=S)N(c3ccccc3C#N)C2=O)c(OC)c1. The Morgan fingerprint density at radius 3 is 2.65 bits per heavy atom. The molecule has 1 saturated heterocycles. The van der Waals surface area contributed by atoms with E-state index in [1.54, 1.807) is 56.7 Å². The van der Waals surface area contributed by atoms with Gasteiger partial charge >= 0.3 is 0 Å². The van der Waals surface area contributed by atoms with Crippen molar-refractivity contribution in [2.75, 3.05) is 19.1 Å². The molecular weight excluding hydrogens is 368 g/mol. The Morgan fingerprint density at radius 2 is 1.96 bits per heavy atom. The van der Waals surface area contributed by atoms with E-state index in [-0.39, 0.29) is 5.91 Å². The van der Waals surface area contributed by atoms with Gasteiger partial charge in [-0.15, -0.1) is 0 Å². The molecule has 2 aromatic carbocycles. The Hall–Kier alpha value is -2.82. The summed E-state index contributed by atoms with van der Waals surface area (Å²) in [6.07, 6.45) is 1.73. The Labute approximate surface area is 160 Å². The monoisotopic (exact) mass is 382 g/mol. The quantitative estimate of drug-likeness (QED) is 0.589. The molecule has 1 amide bonds. The van der Waals surface area contributed by atoms with Crippen LogP contribution < -0.4 is 14.4 Å². The van der Waals surface area contributed by atoms with E-state index in [4.69, 9.17) is 21.7 Å². The highest BCUT2D eigenvalue weighted by Crippen LogP contribution is 2.38. The summed E-state index contributed by atoms with van der Waals surface area (Å²) < 4.78 is 10.9. The normalized spacial score (nSPS) is 15.3. The van der Waals surface area contributed by atoms with Crippen molar-refractivity contribution >= 4 is 46.0 Å².